The highest BCUT2D eigenvalue weighted by molar-refractivity contribution is 6.17. The summed E-state index contributed by atoms with van der Waals surface area (Å²) in [6.45, 7) is 1.49. The van der Waals surface area contributed by atoms with E-state index in [1.54, 1.807) is 0 Å². The van der Waals surface area contributed by atoms with Crippen LogP contribution in [0.15, 0.2) is 30.3 Å². The molecule has 0 bridgehead atoms. The van der Waals surface area contributed by atoms with Gasteiger partial charge < -0.3 is 5.32 Å². The summed E-state index contributed by atoms with van der Waals surface area (Å²) in [5, 5.41) is 2.72. The molecule has 0 saturated heterocycles. The van der Waals surface area contributed by atoms with Gasteiger partial charge in [-0.3, -0.25) is 4.79 Å². The van der Waals surface area contributed by atoms with Crippen LogP contribution in [0.2, 0.25) is 0 Å². The van der Waals surface area contributed by atoms with Gasteiger partial charge in [0, 0.05) is 18.5 Å². The number of benzene rings is 1. The standard InChI is InChI=1S/C12H14ClNO/c1-10(15)14-12-7-5-11(6-8-12)4-2-3-9-13/h2,4-8H,3,9H2,1H3,(H,14,15). The number of alkyl halides is 1. The molecule has 0 radical (unpaired) electrons. The Kier molecular flexibility index (Phi) is 4.91. The van der Waals surface area contributed by atoms with Crippen molar-refractivity contribution in [3.63, 3.8) is 0 Å². The molecule has 1 aromatic rings. The molecule has 2 nitrogen and oxygen atoms in total. The van der Waals surface area contributed by atoms with Gasteiger partial charge in [0.15, 0.2) is 0 Å². The van der Waals surface area contributed by atoms with Crippen molar-refractivity contribution in [3.8, 4) is 0 Å². The highest BCUT2D eigenvalue weighted by atomic mass is 35.5. The lowest BCUT2D eigenvalue weighted by molar-refractivity contribution is -0.114. The van der Waals surface area contributed by atoms with E-state index in [2.05, 4.69) is 5.32 Å². The molecule has 1 N–H and O–H groups in total. The fourth-order valence-electron chi connectivity index (χ4n) is 1.16. The number of rotatable bonds is 4. The molecule has 0 aromatic heterocycles. The Bertz CT molecular complexity index is 343. The van der Waals surface area contributed by atoms with Crippen molar-refractivity contribution < 1.29 is 4.79 Å². The van der Waals surface area contributed by atoms with Crippen molar-refractivity contribution in [2.24, 2.45) is 0 Å². The summed E-state index contributed by atoms with van der Waals surface area (Å²) in [5.41, 5.74) is 1.92. The zero-order chi connectivity index (χ0) is 11.1. The molecule has 1 amide bonds. The van der Waals surface area contributed by atoms with Crippen molar-refractivity contribution in [3.05, 3.63) is 35.9 Å². The lowest BCUT2D eigenvalue weighted by atomic mass is 10.2. The van der Waals surface area contributed by atoms with Crippen molar-refractivity contribution in [1.82, 2.24) is 0 Å². The highest BCUT2D eigenvalue weighted by Crippen LogP contribution is 2.10. The summed E-state index contributed by atoms with van der Waals surface area (Å²) in [6, 6.07) is 7.66. The van der Waals surface area contributed by atoms with Gasteiger partial charge >= 0.3 is 0 Å². The number of nitrogens with one attached hydrogen (secondary N) is 1. The van der Waals surface area contributed by atoms with E-state index in [1.807, 2.05) is 36.4 Å². The Balaban J connectivity index is 2.60. The third-order valence-electron chi connectivity index (χ3n) is 1.82. The third-order valence-corrected chi connectivity index (χ3v) is 2.04. The number of amides is 1. The van der Waals surface area contributed by atoms with Crippen molar-refractivity contribution in [2.45, 2.75) is 13.3 Å². The van der Waals surface area contributed by atoms with Gasteiger partial charge in [-0.25, -0.2) is 0 Å². The first-order valence-electron chi connectivity index (χ1n) is 4.82. The second-order valence-electron chi connectivity index (χ2n) is 3.18. The minimum Gasteiger partial charge on any atom is -0.326 e. The summed E-state index contributed by atoms with van der Waals surface area (Å²) >= 11 is 5.55. The number of hydrogen-bond acceptors (Lipinski definition) is 1. The van der Waals surface area contributed by atoms with Crippen LogP contribution in [0.4, 0.5) is 5.69 Å². The maximum atomic E-state index is 10.8. The maximum absolute atomic E-state index is 10.8. The van der Waals surface area contributed by atoms with E-state index in [0.29, 0.717) is 5.88 Å². The number of halogens is 1. The Morgan fingerprint density at radius 3 is 2.60 bits per heavy atom. The summed E-state index contributed by atoms with van der Waals surface area (Å²) in [7, 11) is 0. The van der Waals surface area contributed by atoms with Crippen LogP contribution in [-0.4, -0.2) is 11.8 Å². The number of carbonyl (C=O) groups excluding carboxylic acids is 1. The second kappa shape index (κ2) is 6.25. The monoisotopic (exact) mass is 223 g/mol. The first-order chi connectivity index (χ1) is 7.22. The fraction of sp³-hybridized carbons (Fsp3) is 0.250. The van der Waals surface area contributed by atoms with Crippen LogP contribution >= 0.6 is 11.6 Å². The minimum atomic E-state index is -0.0552. The van der Waals surface area contributed by atoms with Crippen LogP contribution < -0.4 is 5.32 Å². The molecule has 0 unspecified atom stereocenters. The van der Waals surface area contributed by atoms with E-state index in [9.17, 15) is 4.79 Å². The topological polar surface area (TPSA) is 29.1 Å². The minimum absolute atomic E-state index is 0.0552. The third kappa shape index (κ3) is 4.66. The Morgan fingerprint density at radius 2 is 2.07 bits per heavy atom. The van der Waals surface area contributed by atoms with Crippen LogP contribution in [0.1, 0.15) is 18.9 Å². The largest absolute Gasteiger partial charge is 0.326 e. The average Bonchev–Trinajstić information content (AvgIpc) is 2.20. The van der Waals surface area contributed by atoms with Gasteiger partial charge in [0.25, 0.3) is 0 Å². The van der Waals surface area contributed by atoms with Crippen molar-refractivity contribution in [1.29, 1.82) is 0 Å². The van der Waals surface area contributed by atoms with Crippen LogP contribution in [0.25, 0.3) is 6.08 Å². The summed E-state index contributed by atoms with van der Waals surface area (Å²) in [6.07, 6.45) is 4.91. The molecular weight excluding hydrogens is 210 g/mol. The van der Waals surface area contributed by atoms with E-state index in [1.165, 1.54) is 6.92 Å². The lowest BCUT2D eigenvalue weighted by Crippen LogP contribution is -2.05. The number of carbonyl (C=O) groups is 1. The Labute approximate surface area is 94.9 Å². The zero-order valence-electron chi connectivity index (χ0n) is 8.66. The molecular formula is C12H14ClNO. The predicted octanol–water partition coefficient (Wildman–Crippen LogP) is 3.29. The number of anilines is 1. The van der Waals surface area contributed by atoms with Gasteiger partial charge in [0.1, 0.15) is 0 Å². The molecule has 1 aromatic carbocycles. The highest BCUT2D eigenvalue weighted by Gasteiger charge is 1.93. The SMILES string of the molecule is CC(=O)Nc1ccc(C=CCCCl)cc1. The fourth-order valence-corrected chi connectivity index (χ4v) is 1.29. The molecule has 0 saturated carbocycles. The molecule has 1 rings (SSSR count). The summed E-state index contributed by atoms with van der Waals surface area (Å²) in [4.78, 5) is 10.8. The first kappa shape index (κ1) is 11.8. The first-order valence-corrected chi connectivity index (χ1v) is 5.36. The van der Waals surface area contributed by atoms with Gasteiger partial charge in [0.2, 0.25) is 5.91 Å². The molecule has 0 atom stereocenters. The van der Waals surface area contributed by atoms with E-state index < -0.39 is 0 Å². The predicted molar refractivity (Wildman–Crippen MR) is 65.1 cm³/mol. The summed E-state index contributed by atoms with van der Waals surface area (Å²) in [5.74, 6) is 0.584. The van der Waals surface area contributed by atoms with Crippen LogP contribution in [0.3, 0.4) is 0 Å². The number of allylic oxidation sites excluding steroid dienone is 1. The molecule has 15 heavy (non-hydrogen) atoms. The van der Waals surface area contributed by atoms with E-state index in [-0.39, 0.29) is 5.91 Å². The van der Waals surface area contributed by atoms with Crippen LogP contribution in [-0.2, 0) is 4.79 Å². The van der Waals surface area contributed by atoms with Gasteiger partial charge in [-0.2, -0.15) is 0 Å². The van der Waals surface area contributed by atoms with Crippen molar-refractivity contribution >= 4 is 29.3 Å². The zero-order valence-corrected chi connectivity index (χ0v) is 9.42. The number of hydrogen-bond donors (Lipinski definition) is 1. The molecule has 80 valence electrons. The van der Waals surface area contributed by atoms with Crippen LogP contribution in [0.5, 0.6) is 0 Å². The molecule has 0 spiro atoms. The van der Waals surface area contributed by atoms with Gasteiger partial charge in [-0.05, 0) is 24.1 Å². The summed E-state index contributed by atoms with van der Waals surface area (Å²) < 4.78 is 0. The average molecular weight is 224 g/mol. The molecule has 0 aliphatic carbocycles. The Morgan fingerprint density at radius 1 is 1.40 bits per heavy atom. The molecule has 3 heteroatoms. The molecule has 0 heterocycles. The van der Waals surface area contributed by atoms with E-state index in [4.69, 9.17) is 11.6 Å². The lowest BCUT2D eigenvalue weighted by Gasteiger charge is -2.01. The normalized spacial score (nSPS) is 10.5. The smallest absolute Gasteiger partial charge is 0.221 e. The van der Waals surface area contributed by atoms with E-state index in [0.717, 1.165) is 17.7 Å². The van der Waals surface area contributed by atoms with Gasteiger partial charge in [-0.1, -0.05) is 24.3 Å². The molecule has 0 aliphatic rings. The van der Waals surface area contributed by atoms with E-state index >= 15 is 0 Å². The quantitative estimate of drug-likeness (QED) is 0.780. The van der Waals surface area contributed by atoms with Gasteiger partial charge in [0.05, 0.1) is 0 Å². The second-order valence-corrected chi connectivity index (χ2v) is 3.56. The van der Waals surface area contributed by atoms with Gasteiger partial charge in [-0.15, -0.1) is 11.6 Å². The van der Waals surface area contributed by atoms with Crippen LogP contribution in [0, 0.1) is 0 Å². The molecule has 0 aliphatic heterocycles. The Hall–Kier alpha value is -1.28. The maximum Gasteiger partial charge on any atom is 0.221 e. The molecule has 0 fully saturated rings. The van der Waals surface area contributed by atoms with Crippen molar-refractivity contribution in [2.75, 3.05) is 11.2 Å².